The third kappa shape index (κ3) is 5.36. The van der Waals surface area contributed by atoms with Gasteiger partial charge in [-0.15, -0.1) is 0 Å². The molecule has 0 radical (unpaired) electrons. The molecule has 0 aromatic heterocycles. The van der Waals surface area contributed by atoms with Crippen molar-refractivity contribution < 1.29 is 19.8 Å². The van der Waals surface area contributed by atoms with Crippen molar-refractivity contribution in [2.75, 3.05) is 32.8 Å². The number of carboxylic acids is 1. The summed E-state index contributed by atoms with van der Waals surface area (Å²) in [6, 6.07) is 0.0148. The lowest BCUT2D eigenvalue weighted by Crippen LogP contribution is -2.48. The van der Waals surface area contributed by atoms with E-state index in [1.54, 1.807) is 4.90 Å². The molecule has 6 nitrogen and oxygen atoms in total. The predicted molar refractivity (Wildman–Crippen MR) is 75.5 cm³/mol. The number of nitrogens with zero attached hydrogens (tertiary/aromatic N) is 2. The van der Waals surface area contributed by atoms with Crippen LogP contribution in [0, 0.1) is 5.92 Å². The van der Waals surface area contributed by atoms with Gasteiger partial charge in [0.25, 0.3) is 0 Å². The van der Waals surface area contributed by atoms with Gasteiger partial charge in [0.1, 0.15) is 0 Å². The first-order valence-electron chi connectivity index (χ1n) is 7.45. The van der Waals surface area contributed by atoms with Crippen LogP contribution in [0.1, 0.15) is 39.0 Å². The fourth-order valence-corrected chi connectivity index (χ4v) is 2.65. The zero-order valence-corrected chi connectivity index (χ0v) is 12.3. The lowest BCUT2D eigenvalue weighted by Gasteiger charge is -2.36. The average Bonchev–Trinajstić information content (AvgIpc) is 2.46. The second kappa shape index (κ2) is 8.79. The Balaban J connectivity index is 2.47. The van der Waals surface area contributed by atoms with Gasteiger partial charge in [-0.25, -0.2) is 4.79 Å². The van der Waals surface area contributed by atoms with Crippen molar-refractivity contribution in [3.05, 3.63) is 0 Å². The quantitative estimate of drug-likeness (QED) is 0.741. The SMILES string of the molecule is CCN(CCCO)C(=O)N1CCCC(CCC(=O)O)C1. The summed E-state index contributed by atoms with van der Waals surface area (Å²) >= 11 is 0. The molecule has 0 aromatic carbocycles. The van der Waals surface area contributed by atoms with Gasteiger partial charge >= 0.3 is 12.0 Å². The van der Waals surface area contributed by atoms with Gasteiger partial charge < -0.3 is 20.0 Å². The van der Waals surface area contributed by atoms with Crippen LogP contribution in [0.25, 0.3) is 0 Å². The van der Waals surface area contributed by atoms with Crippen LogP contribution in [0.5, 0.6) is 0 Å². The molecule has 0 aromatic rings. The highest BCUT2D eigenvalue weighted by Gasteiger charge is 2.26. The van der Waals surface area contributed by atoms with E-state index in [0.717, 1.165) is 19.4 Å². The van der Waals surface area contributed by atoms with Crippen LogP contribution < -0.4 is 0 Å². The summed E-state index contributed by atoms with van der Waals surface area (Å²) in [5.41, 5.74) is 0. The maximum absolute atomic E-state index is 12.4. The van der Waals surface area contributed by atoms with Crippen molar-refractivity contribution >= 4 is 12.0 Å². The molecule has 0 spiro atoms. The normalized spacial score (nSPS) is 18.9. The number of carbonyl (C=O) groups excluding carboxylic acids is 1. The molecule has 1 rings (SSSR count). The Morgan fingerprint density at radius 1 is 1.40 bits per heavy atom. The maximum atomic E-state index is 12.4. The smallest absolute Gasteiger partial charge is 0.319 e. The summed E-state index contributed by atoms with van der Waals surface area (Å²) in [5, 5.41) is 17.6. The van der Waals surface area contributed by atoms with E-state index in [-0.39, 0.29) is 19.1 Å². The largest absolute Gasteiger partial charge is 0.481 e. The molecule has 1 aliphatic heterocycles. The Labute approximate surface area is 120 Å². The van der Waals surface area contributed by atoms with Crippen molar-refractivity contribution in [2.45, 2.75) is 39.0 Å². The molecule has 2 amide bonds. The Kier molecular flexibility index (Phi) is 7.36. The number of carboxylic acid groups (broad SMARTS) is 1. The number of amides is 2. The molecule has 0 aliphatic carbocycles. The van der Waals surface area contributed by atoms with Crippen LogP contribution >= 0.6 is 0 Å². The van der Waals surface area contributed by atoms with Crippen molar-refractivity contribution in [3.8, 4) is 0 Å². The van der Waals surface area contributed by atoms with E-state index in [0.29, 0.717) is 38.4 Å². The molecule has 1 saturated heterocycles. The van der Waals surface area contributed by atoms with Crippen LogP contribution in [-0.4, -0.2) is 64.8 Å². The Morgan fingerprint density at radius 2 is 2.15 bits per heavy atom. The van der Waals surface area contributed by atoms with E-state index in [4.69, 9.17) is 10.2 Å². The highest BCUT2D eigenvalue weighted by Crippen LogP contribution is 2.22. The summed E-state index contributed by atoms with van der Waals surface area (Å²) in [6.45, 7) is 4.63. The van der Waals surface area contributed by atoms with E-state index >= 15 is 0 Å². The molecular weight excluding hydrogens is 260 g/mol. The second-order valence-corrected chi connectivity index (χ2v) is 5.33. The van der Waals surface area contributed by atoms with E-state index < -0.39 is 5.97 Å². The number of hydrogen-bond donors (Lipinski definition) is 2. The Morgan fingerprint density at radius 3 is 2.75 bits per heavy atom. The zero-order valence-electron chi connectivity index (χ0n) is 12.3. The summed E-state index contributed by atoms with van der Waals surface area (Å²) in [4.78, 5) is 26.6. The van der Waals surface area contributed by atoms with Gasteiger partial charge in [0.05, 0.1) is 0 Å². The first kappa shape index (κ1) is 16.8. The topological polar surface area (TPSA) is 81.1 Å². The summed E-state index contributed by atoms with van der Waals surface area (Å²) in [5.74, 6) is -0.480. The lowest BCUT2D eigenvalue weighted by molar-refractivity contribution is -0.137. The summed E-state index contributed by atoms with van der Waals surface area (Å²) in [6.07, 6.45) is 3.35. The average molecular weight is 286 g/mol. The van der Waals surface area contributed by atoms with Crippen LogP contribution in [0.15, 0.2) is 0 Å². The molecule has 20 heavy (non-hydrogen) atoms. The third-order valence-electron chi connectivity index (χ3n) is 3.79. The molecule has 1 atom stereocenters. The fraction of sp³-hybridized carbons (Fsp3) is 0.857. The number of aliphatic hydroxyl groups excluding tert-OH is 1. The number of hydrogen-bond acceptors (Lipinski definition) is 3. The molecular formula is C14H26N2O4. The first-order chi connectivity index (χ1) is 9.58. The number of rotatable bonds is 7. The number of urea groups is 1. The minimum Gasteiger partial charge on any atom is -0.481 e. The third-order valence-corrected chi connectivity index (χ3v) is 3.79. The zero-order chi connectivity index (χ0) is 15.0. The minimum absolute atomic E-state index is 0.0148. The van der Waals surface area contributed by atoms with Gasteiger partial charge in [0.15, 0.2) is 0 Å². The highest BCUT2D eigenvalue weighted by molar-refractivity contribution is 5.74. The molecule has 1 heterocycles. The number of aliphatic hydroxyl groups is 1. The van der Waals surface area contributed by atoms with E-state index in [2.05, 4.69) is 0 Å². The number of carbonyl (C=O) groups is 2. The first-order valence-corrected chi connectivity index (χ1v) is 7.45. The van der Waals surface area contributed by atoms with Gasteiger partial charge in [0.2, 0.25) is 0 Å². The second-order valence-electron chi connectivity index (χ2n) is 5.33. The number of aliphatic carboxylic acids is 1. The summed E-state index contributed by atoms with van der Waals surface area (Å²) < 4.78 is 0. The van der Waals surface area contributed by atoms with Crippen molar-refractivity contribution in [1.29, 1.82) is 0 Å². The van der Waals surface area contributed by atoms with Crippen LogP contribution in [0.4, 0.5) is 4.79 Å². The molecule has 1 fully saturated rings. The summed E-state index contributed by atoms with van der Waals surface area (Å²) in [7, 11) is 0. The molecule has 1 aliphatic rings. The van der Waals surface area contributed by atoms with Gasteiger partial charge in [-0.1, -0.05) is 0 Å². The van der Waals surface area contributed by atoms with Crippen molar-refractivity contribution in [3.63, 3.8) is 0 Å². The number of likely N-dealkylation sites (tertiary alicyclic amines) is 1. The molecule has 0 bridgehead atoms. The Bertz CT molecular complexity index is 322. The van der Waals surface area contributed by atoms with Crippen LogP contribution in [0.3, 0.4) is 0 Å². The van der Waals surface area contributed by atoms with Gasteiger partial charge in [-0.2, -0.15) is 0 Å². The molecule has 6 heteroatoms. The molecule has 0 saturated carbocycles. The standard InChI is InChI=1S/C14H26N2O4/c1-2-15(9-4-10-17)14(20)16-8-3-5-12(11-16)6-7-13(18)19/h12,17H,2-11H2,1H3,(H,18,19). The van der Waals surface area contributed by atoms with E-state index in [1.807, 2.05) is 11.8 Å². The predicted octanol–water partition coefficient (Wildman–Crippen LogP) is 1.39. The van der Waals surface area contributed by atoms with Gasteiger partial charge in [0, 0.05) is 39.2 Å². The van der Waals surface area contributed by atoms with Gasteiger partial charge in [-0.05, 0) is 38.5 Å². The monoisotopic (exact) mass is 286 g/mol. The van der Waals surface area contributed by atoms with Gasteiger partial charge in [-0.3, -0.25) is 4.79 Å². The van der Waals surface area contributed by atoms with Crippen molar-refractivity contribution in [1.82, 2.24) is 9.80 Å². The number of piperidine rings is 1. The Hall–Kier alpha value is -1.30. The molecule has 2 N–H and O–H groups in total. The fourth-order valence-electron chi connectivity index (χ4n) is 2.65. The molecule has 116 valence electrons. The highest BCUT2D eigenvalue weighted by atomic mass is 16.4. The van der Waals surface area contributed by atoms with E-state index in [1.165, 1.54) is 0 Å². The van der Waals surface area contributed by atoms with Crippen LogP contribution in [0.2, 0.25) is 0 Å². The minimum atomic E-state index is -0.772. The lowest BCUT2D eigenvalue weighted by atomic mass is 9.93. The molecule has 1 unspecified atom stereocenters. The van der Waals surface area contributed by atoms with E-state index in [9.17, 15) is 9.59 Å². The van der Waals surface area contributed by atoms with Crippen molar-refractivity contribution in [2.24, 2.45) is 5.92 Å². The maximum Gasteiger partial charge on any atom is 0.319 e. The van der Waals surface area contributed by atoms with Crippen LogP contribution in [-0.2, 0) is 4.79 Å².